The summed E-state index contributed by atoms with van der Waals surface area (Å²) >= 11 is 0. The van der Waals surface area contributed by atoms with Crippen molar-refractivity contribution >= 4 is 5.97 Å². The Balaban J connectivity index is 2.97. The minimum Gasteiger partial charge on any atom is -0.455 e. The van der Waals surface area contributed by atoms with Gasteiger partial charge < -0.3 is 9.84 Å². The smallest absolute Gasteiger partial charge is 0.303 e. The van der Waals surface area contributed by atoms with E-state index in [1.807, 2.05) is 30.3 Å². The number of rotatable bonds is 3. The van der Waals surface area contributed by atoms with Crippen LogP contribution in [0.25, 0.3) is 0 Å². The molecule has 0 fully saturated rings. The molecular weight excluding hydrogens is 192 g/mol. The number of carbonyl (C=O) groups excluding carboxylic acids is 1. The molecule has 82 valence electrons. The van der Waals surface area contributed by atoms with E-state index in [-0.39, 0.29) is 0 Å². The maximum atomic E-state index is 10.9. The van der Waals surface area contributed by atoms with Gasteiger partial charge in [0.15, 0.2) is 6.10 Å². The van der Waals surface area contributed by atoms with Crippen LogP contribution in [-0.2, 0) is 9.53 Å². The molecule has 0 saturated carbocycles. The molecule has 3 heteroatoms. The molecule has 15 heavy (non-hydrogen) atoms. The second kappa shape index (κ2) is 4.45. The number of hydrogen-bond acceptors (Lipinski definition) is 3. The van der Waals surface area contributed by atoms with Gasteiger partial charge in [0.2, 0.25) is 0 Å². The summed E-state index contributed by atoms with van der Waals surface area (Å²) in [6.45, 7) is 4.57. The van der Waals surface area contributed by atoms with Crippen LogP contribution in [0.2, 0.25) is 0 Å². The van der Waals surface area contributed by atoms with Crippen LogP contribution < -0.4 is 0 Å². The van der Waals surface area contributed by atoms with E-state index < -0.39 is 17.7 Å². The highest BCUT2D eigenvalue weighted by Gasteiger charge is 2.30. The number of carbonyl (C=O) groups is 1. The zero-order valence-electron chi connectivity index (χ0n) is 9.23. The third kappa shape index (κ3) is 3.36. The van der Waals surface area contributed by atoms with Gasteiger partial charge in [-0.3, -0.25) is 4.79 Å². The van der Waals surface area contributed by atoms with Gasteiger partial charge in [0.05, 0.1) is 0 Å². The Kier molecular flexibility index (Phi) is 3.48. The minimum absolute atomic E-state index is 0.397. The molecule has 0 aliphatic heterocycles. The van der Waals surface area contributed by atoms with Gasteiger partial charge in [-0.25, -0.2) is 0 Å². The number of aliphatic hydroxyl groups is 1. The van der Waals surface area contributed by atoms with Crippen molar-refractivity contribution < 1.29 is 14.6 Å². The van der Waals surface area contributed by atoms with Crippen molar-refractivity contribution in [3.8, 4) is 0 Å². The standard InChI is InChI=1S/C12H16O3/c1-9(13)15-11(12(2,3)14)10-7-5-4-6-8-10/h4-8,11,14H,1-3H3. The van der Waals surface area contributed by atoms with Crippen molar-refractivity contribution in [1.29, 1.82) is 0 Å². The Labute approximate surface area is 89.7 Å². The molecule has 0 aromatic heterocycles. The highest BCUT2D eigenvalue weighted by Crippen LogP contribution is 2.29. The molecule has 0 spiro atoms. The van der Waals surface area contributed by atoms with Crippen LogP contribution in [0.3, 0.4) is 0 Å². The number of hydrogen-bond donors (Lipinski definition) is 1. The summed E-state index contributed by atoms with van der Waals surface area (Å²) in [7, 11) is 0. The average molecular weight is 208 g/mol. The predicted octanol–water partition coefficient (Wildman–Crippen LogP) is 2.06. The van der Waals surface area contributed by atoms with Gasteiger partial charge in [0.25, 0.3) is 0 Å². The van der Waals surface area contributed by atoms with Crippen molar-refractivity contribution in [3.05, 3.63) is 35.9 Å². The van der Waals surface area contributed by atoms with Crippen molar-refractivity contribution in [1.82, 2.24) is 0 Å². The molecule has 1 N–H and O–H groups in total. The fraction of sp³-hybridized carbons (Fsp3) is 0.417. The van der Waals surface area contributed by atoms with Crippen molar-refractivity contribution in [2.75, 3.05) is 0 Å². The van der Waals surface area contributed by atoms with E-state index in [4.69, 9.17) is 4.74 Å². The van der Waals surface area contributed by atoms with E-state index in [1.165, 1.54) is 6.92 Å². The third-order valence-corrected chi connectivity index (χ3v) is 2.03. The molecule has 3 nitrogen and oxygen atoms in total. The molecule has 0 bridgehead atoms. The number of ether oxygens (including phenoxy) is 1. The molecule has 0 radical (unpaired) electrons. The van der Waals surface area contributed by atoms with E-state index in [9.17, 15) is 9.90 Å². The fourth-order valence-corrected chi connectivity index (χ4v) is 1.41. The molecule has 0 heterocycles. The van der Waals surface area contributed by atoms with Gasteiger partial charge >= 0.3 is 5.97 Å². The molecular formula is C12H16O3. The summed E-state index contributed by atoms with van der Waals surface area (Å²) in [6.07, 6.45) is -0.629. The van der Waals surface area contributed by atoms with E-state index in [1.54, 1.807) is 13.8 Å². The second-order valence-corrected chi connectivity index (χ2v) is 4.05. The summed E-state index contributed by atoms with van der Waals surface area (Å²) in [5, 5.41) is 9.90. The maximum absolute atomic E-state index is 10.9. The molecule has 1 atom stereocenters. The van der Waals surface area contributed by atoms with Crippen molar-refractivity contribution in [3.63, 3.8) is 0 Å². The first-order valence-electron chi connectivity index (χ1n) is 4.86. The molecule has 1 aromatic carbocycles. The van der Waals surface area contributed by atoms with Crippen molar-refractivity contribution in [2.24, 2.45) is 0 Å². The monoisotopic (exact) mass is 208 g/mol. The Bertz CT molecular complexity index is 324. The number of esters is 1. The van der Waals surface area contributed by atoms with Gasteiger partial charge in [-0.05, 0) is 19.4 Å². The summed E-state index contributed by atoms with van der Waals surface area (Å²) < 4.78 is 5.11. The molecule has 0 aliphatic rings. The summed E-state index contributed by atoms with van der Waals surface area (Å²) in [4.78, 5) is 10.9. The molecule has 0 saturated heterocycles. The Morgan fingerprint density at radius 3 is 2.27 bits per heavy atom. The topological polar surface area (TPSA) is 46.5 Å². The lowest BCUT2D eigenvalue weighted by Crippen LogP contribution is -2.32. The van der Waals surface area contributed by atoms with Crippen LogP contribution in [0.1, 0.15) is 32.4 Å². The van der Waals surface area contributed by atoms with Gasteiger partial charge in [-0.2, -0.15) is 0 Å². The van der Waals surface area contributed by atoms with Gasteiger partial charge in [-0.1, -0.05) is 30.3 Å². The maximum Gasteiger partial charge on any atom is 0.303 e. The highest BCUT2D eigenvalue weighted by molar-refractivity contribution is 5.66. The lowest BCUT2D eigenvalue weighted by atomic mass is 9.95. The molecule has 0 aliphatic carbocycles. The van der Waals surface area contributed by atoms with Crippen LogP contribution >= 0.6 is 0 Å². The summed E-state index contributed by atoms with van der Waals surface area (Å²) in [5.41, 5.74) is -0.298. The summed E-state index contributed by atoms with van der Waals surface area (Å²) in [6, 6.07) is 9.21. The second-order valence-electron chi connectivity index (χ2n) is 4.05. The lowest BCUT2D eigenvalue weighted by Gasteiger charge is -2.28. The normalized spacial score (nSPS) is 13.3. The molecule has 1 unspecified atom stereocenters. The Morgan fingerprint density at radius 2 is 1.87 bits per heavy atom. The van der Waals surface area contributed by atoms with Crippen LogP contribution in [0.4, 0.5) is 0 Å². The lowest BCUT2D eigenvalue weighted by molar-refractivity contribution is -0.160. The fourth-order valence-electron chi connectivity index (χ4n) is 1.41. The summed E-state index contributed by atoms with van der Waals surface area (Å²) in [5.74, 6) is -0.397. The van der Waals surface area contributed by atoms with Crippen LogP contribution in [0, 0.1) is 0 Å². The van der Waals surface area contributed by atoms with Crippen LogP contribution in [-0.4, -0.2) is 16.7 Å². The molecule has 1 rings (SSSR count). The number of benzene rings is 1. The Morgan fingerprint density at radius 1 is 1.33 bits per heavy atom. The predicted molar refractivity (Wildman–Crippen MR) is 57.2 cm³/mol. The SMILES string of the molecule is CC(=O)OC(c1ccccc1)C(C)(C)O. The zero-order chi connectivity index (χ0) is 11.5. The van der Waals surface area contributed by atoms with Gasteiger partial charge in [0, 0.05) is 6.92 Å². The van der Waals surface area contributed by atoms with E-state index in [0.29, 0.717) is 0 Å². The first-order valence-corrected chi connectivity index (χ1v) is 4.86. The van der Waals surface area contributed by atoms with Crippen LogP contribution in [0.5, 0.6) is 0 Å². The average Bonchev–Trinajstić information content (AvgIpc) is 2.14. The highest BCUT2D eigenvalue weighted by atomic mass is 16.6. The van der Waals surface area contributed by atoms with Gasteiger partial charge in [-0.15, -0.1) is 0 Å². The zero-order valence-corrected chi connectivity index (χ0v) is 9.23. The third-order valence-electron chi connectivity index (χ3n) is 2.03. The first kappa shape index (κ1) is 11.7. The quantitative estimate of drug-likeness (QED) is 0.773. The molecule has 0 amide bonds. The van der Waals surface area contributed by atoms with E-state index >= 15 is 0 Å². The van der Waals surface area contributed by atoms with Crippen molar-refractivity contribution in [2.45, 2.75) is 32.5 Å². The Hall–Kier alpha value is -1.35. The first-order chi connectivity index (χ1) is 6.91. The van der Waals surface area contributed by atoms with Gasteiger partial charge in [0.1, 0.15) is 5.60 Å². The minimum atomic E-state index is -1.09. The molecule has 1 aromatic rings. The van der Waals surface area contributed by atoms with E-state index in [2.05, 4.69) is 0 Å². The van der Waals surface area contributed by atoms with Crippen LogP contribution in [0.15, 0.2) is 30.3 Å². The largest absolute Gasteiger partial charge is 0.455 e. The van der Waals surface area contributed by atoms with E-state index in [0.717, 1.165) is 5.56 Å².